The second-order valence-corrected chi connectivity index (χ2v) is 6.42. The molecule has 1 aromatic carbocycles. The maximum absolute atomic E-state index is 11.4. The molecule has 0 saturated carbocycles. The predicted molar refractivity (Wildman–Crippen MR) is 89.7 cm³/mol. The molecule has 0 aliphatic rings. The Morgan fingerprint density at radius 2 is 2.00 bits per heavy atom. The monoisotopic (exact) mass is 311 g/mol. The van der Waals surface area contributed by atoms with Gasteiger partial charge >= 0.3 is 0 Å². The molecule has 0 saturated heterocycles. The number of hydrogen-bond acceptors (Lipinski definition) is 3. The Morgan fingerprint density at radius 1 is 1.33 bits per heavy atom. The number of carbonyl (C=O) groups excluding carboxylic acids is 1. The van der Waals surface area contributed by atoms with E-state index < -0.39 is 0 Å². The van der Waals surface area contributed by atoms with Gasteiger partial charge in [-0.3, -0.25) is 4.79 Å². The normalized spacial score (nSPS) is 11.2. The minimum Gasteiger partial charge on any atom is -0.368 e. The first-order valence-corrected chi connectivity index (χ1v) is 7.73. The molecule has 118 valence electrons. The van der Waals surface area contributed by atoms with E-state index >= 15 is 0 Å². The lowest BCUT2D eigenvalue weighted by Crippen LogP contribution is -2.37. The number of amides is 1. The minimum atomic E-state index is -0.335. The minimum absolute atomic E-state index is 0.202. The third-order valence-electron chi connectivity index (χ3n) is 3.05. The van der Waals surface area contributed by atoms with Crippen LogP contribution in [-0.2, 0) is 11.3 Å². The quantitative estimate of drug-likeness (QED) is 0.776. The molecule has 0 radical (unpaired) electrons. The van der Waals surface area contributed by atoms with Gasteiger partial charge in [0.2, 0.25) is 5.91 Å². The van der Waals surface area contributed by atoms with Crippen molar-refractivity contribution in [1.29, 1.82) is 0 Å². The Morgan fingerprint density at radius 3 is 2.52 bits per heavy atom. The summed E-state index contributed by atoms with van der Waals surface area (Å²) in [5, 5.41) is 4.08. The highest BCUT2D eigenvalue weighted by molar-refractivity contribution is 6.31. The number of nitrogens with one attached hydrogen (secondary N) is 1. The largest absolute Gasteiger partial charge is 0.368 e. The molecular formula is C16H26ClN3O. The van der Waals surface area contributed by atoms with Gasteiger partial charge in [0.25, 0.3) is 0 Å². The van der Waals surface area contributed by atoms with E-state index in [9.17, 15) is 4.79 Å². The van der Waals surface area contributed by atoms with Crippen LogP contribution in [0.3, 0.4) is 0 Å². The topological polar surface area (TPSA) is 58.4 Å². The van der Waals surface area contributed by atoms with Gasteiger partial charge in [0.15, 0.2) is 0 Å². The third kappa shape index (κ3) is 5.94. The van der Waals surface area contributed by atoms with E-state index in [-0.39, 0.29) is 12.5 Å². The van der Waals surface area contributed by atoms with Gasteiger partial charge in [0, 0.05) is 35.4 Å². The summed E-state index contributed by atoms with van der Waals surface area (Å²) in [7, 11) is 0. The molecule has 0 aliphatic carbocycles. The van der Waals surface area contributed by atoms with Crippen molar-refractivity contribution in [1.82, 2.24) is 5.32 Å². The number of halogens is 1. The first-order chi connectivity index (χ1) is 9.81. The van der Waals surface area contributed by atoms with Gasteiger partial charge in [0.1, 0.15) is 0 Å². The lowest BCUT2D eigenvalue weighted by molar-refractivity contribution is -0.116. The first-order valence-electron chi connectivity index (χ1n) is 7.35. The summed E-state index contributed by atoms with van der Waals surface area (Å²) in [5.41, 5.74) is 7.37. The van der Waals surface area contributed by atoms with E-state index in [4.69, 9.17) is 17.3 Å². The van der Waals surface area contributed by atoms with Crippen molar-refractivity contribution >= 4 is 23.2 Å². The molecule has 0 unspecified atom stereocenters. The van der Waals surface area contributed by atoms with E-state index in [1.165, 1.54) is 0 Å². The average molecular weight is 312 g/mol. The molecule has 4 nitrogen and oxygen atoms in total. The molecule has 0 bridgehead atoms. The molecule has 0 aromatic heterocycles. The van der Waals surface area contributed by atoms with Crippen LogP contribution in [0.1, 0.15) is 33.3 Å². The van der Waals surface area contributed by atoms with Crippen LogP contribution < -0.4 is 16.0 Å². The van der Waals surface area contributed by atoms with Crippen LogP contribution in [0, 0.1) is 5.92 Å². The van der Waals surface area contributed by atoms with Gasteiger partial charge < -0.3 is 16.0 Å². The number of anilines is 1. The highest BCUT2D eigenvalue weighted by Crippen LogP contribution is 2.28. The van der Waals surface area contributed by atoms with Crippen LogP contribution in [0.2, 0.25) is 5.02 Å². The molecule has 21 heavy (non-hydrogen) atoms. The molecule has 0 atom stereocenters. The molecule has 0 heterocycles. The van der Waals surface area contributed by atoms with Gasteiger partial charge in [0.05, 0.1) is 6.54 Å². The van der Waals surface area contributed by atoms with E-state index in [0.717, 1.165) is 17.8 Å². The molecule has 1 rings (SSSR count). The Bertz CT molecular complexity index is 475. The van der Waals surface area contributed by atoms with Crippen molar-refractivity contribution in [3.8, 4) is 0 Å². The molecule has 1 amide bonds. The van der Waals surface area contributed by atoms with Crippen LogP contribution in [0.4, 0.5) is 5.69 Å². The van der Waals surface area contributed by atoms with Crippen LogP contribution in [-0.4, -0.2) is 25.0 Å². The van der Waals surface area contributed by atoms with Crippen molar-refractivity contribution < 1.29 is 4.79 Å². The van der Waals surface area contributed by atoms with Gasteiger partial charge in [-0.2, -0.15) is 0 Å². The molecule has 3 N–H and O–H groups in total. The van der Waals surface area contributed by atoms with Crippen molar-refractivity contribution in [2.45, 2.75) is 40.3 Å². The summed E-state index contributed by atoms with van der Waals surface area (Å²) < 4.78 is 0. The summed E-state index contributed by atoms with van der Waals surface area (Å²) in [5.74, 6) is 0.0904. The summed E-state index contributed by atoms with van der Waals surface area (Å²) in [6, 6.07) is 6.14. The lowest BCUT2D eigenvalue weighted by Gasteiger charge is -2.28. The zero-order chi connectivity index (χ0) is 16.0. The number of rotatable bonds is 8. The van der Waals surface area contributed by atoms with Crippen molar-refractivity contribution in [3.05, 3.63) is 28.8 Å². The van der Waals surface area contributed by atoms with E-state index in [1.54, 1.807) is 0 Å². The number of primary amides is 1. The Hall–Kier alpha value is -1.26. The summed E-state index contributed by atoms with van der Waals surface area (Å²) in [4.78, 5) is 13.4. The number of nitrogens with zero attached hydrogens (tertiary/aromatic N) is 1. The van der Waals surface area contributed by atoms with Crippen molar-refractivity contribution in [3.63, 3.8) is 0 Å². The highest BCUT2D eigenvalue weighted by Gasteiger charge is 2.17. The number of hydrogen-bond donors (Lipinski definition) is 2. The molecular weight excluding hydrogens is 286 g/mol. The fourth-order valence-electron chi connectivity index (χ4n) is 2.20. The zero-order valence-corrected chi connectivity index (χ0v) is 14.1. The summed E-state index contributed by atoms with van der Waals surface area (Å²) in [6.45, 7) is 10.0. The Kier molecular flexibility index (Phi) is 6.99. The number of benzene rings is 1. The van der Waals surface area contributed by atoms with Crippen LogP contribution in [0.25, 0.3) is 0 Å². The molecule has 5 heteroatoms. The SMILES string of the molecule is CC(C)CN(CC(N)=O)c1cccc(Cl)c1CNC(C)C. The van der Waals surface area contributed by atoms with Gasteiger partial charge in [-0.1, -0.05) is 45.4 Å². The standard InChI is InChI=1S/C16H26ClN3O/c1-11(2)9-20(10-16(18)21)15-7-5-6-14(17)13(15)8-19-12(3)4/h5-7,11-12,19H,8-10H2,1-4H3,(H2,18,21). The Labute approximate surface area is 132 Å². The second kappa shape index (κ2) is 8.25. The zero-order valence-electron chi connectivity index (χ0n) is 13.3. The number of carbonyl (C=O) groups is 1. The average Bonchev–Trinajstić information content (AvgIpc) is 2.34. The predicted octanol–water partition coefficient (Wildman–Crippen LogP) is 2.79. The first kappa shape index (κ1) is 17.8. The van der Waals surface area contributed by atoms with Crippen LogP contribution in [0.5, 0.6) is 0 Å². The van der Waals surface area contributed by atoms with E-state index in [0.29, 0.717) is 23.5 Å². The second-order valence-electron chi connectivity index (χ2n) is 6.01. The molecule has 0 aliphatic heterocycles. The maximum Gasteiger partial charge on any atom is 0.236 e. The summed E-state index contributed by atoms with van der Waals surface area (Å²) >= 11 is 6.35. The number of nitrogens with two attached hydrogens (primary N) is 1. The van der Waals surface area contributed by atoms with Gasteiger partial charge in [-0.05, 0) is 18.1 Å². The maximum atomic E-state index is 11.4. The third-order valence-corrected chi connectivity index (χ3v) is 3.41. The molecule has 0 spiro atoms. The van der Waals surface area contributed by atoms with E-state index in [1.807, 2.05) is 23.1 Å². The van der Waals surface area contributed by atoms with Gasteiger partial charge in [-0.15, -0.1) is 0 Å². The fraction of sp³-hybridized carbons (Fsp3) is 0.562. The smallest absolute Gasteiger partial charge is 0.236 e. The fourth-order valence-corrected chi connectivity index (χ4v) is 2.44. The Balaban J connectivity index is 3.10. The van der Waals surface area contributed by atoms with E-state index in [2.05, 4.69) is 33.0 Å². The lowest BCUT2D eigenvalue weighted by atomic mass is 10.1. The van der Waals surface area contributed by atoms with Crippen LogP contribution in [0.15, 0.2) is 18.2 Å². The molecule has 1 aromatic rings. The highest BCUT2D eigenvalue weighted by atomic mass is 35.5. The van der Waals surface area contributed by atoms with Gasteiger partial charge in [-0.25, -0.2) is 0 Å². The molecule has 0 fully saturated rings. The summed E-state index contributed by atoms with van der Waals surface area (Å²) in [6.07, 6.45) is 0. The van der Waals surface area contributed by atoms with Crippen molar-refractivity contribution in [2.24, 2.45) is 11.7 Å². The van der Waals surface area contributed by atoms with Crippen LogP contribution >= 0.6 is 11.6 Å². The van der Waals surface area contributed by atoms with Crippen molar-refractivity contribution in [2.75, 3.05) is 18.0 Å².